The van der Waals surface area contributed by atoms with Crippen molar-refractivity contribution in [1.82, 2.24) is 0 Å². The molecular formula is C29H38O2S2Si. The molecule has 0 saturated heterocycles. The number of thiophene rings is 2. The predicted molar refractivity (Wildman–Crippen MR) is 153 cm³/mol. The van der Waals surface area contributed by atoms with Gasteiger partial charge >= 0.3 is 0 Å². The molecule has 1 aromatic carbocycles. The summed E-state index contributed by atoms with van der Waals surface area (Å²) in [5.41, 5.74) is 4.70. The van der Waals surface area contributed by atoms with Crippen molar-refractivity contribution in [2.24, 2.45) is 0 Å². The Morgan fingerprint density at radius 3 is 1.97 bits per heavy atom. The fourth-order valence-corrected chi connectivity index (χ4v) is 13.4. The molecule has 5 heteroatoms. The van der Waals surface area contributed by atoms with Gasteiger partial charge in [0.2, 0.25) is 0 Å². The third kappa shape index (κ3) is 4.00. The molecule has 0 saturated carbocycles. The average Bonchev–Trinajstić information content (AvgIpc) is 3.43. The molecule has 0 radical (unpaired) electrons. The number of rotatable bonds is 8. The molecule has 0 atom stereocenters. The monoisotopic (exact) mass is 510 g/mol. The van der Waals surface area contributed by atoms with E-state index in [1.807, 2.05) is 28.7 Å². The number of methoxy groups -OCH3 is 1. The summed E-state index contributed by atoms with van der Waals surface area (Å²) < 4.78 is 12.5. The molecule has 34 heavy (non-hydrogen) atoms. The average molecular weight is 511 g/mol. The Bertz CT molecular complexity index is 1160. The summed E-state index contributed by atoms with van der Waals surface area (Å²) in [4.78, 5) is 5.82. The predicted octanol–water partition coefficient (Wildman–Crippen LogP) is 8.34. The summed E-state index contributed by atoms with van der Waals surface area (Å²) >= 11 is 3.93. The Kier molecular flexibility index (Phi) is 6.93. The minimum Gasteiger partial charge on any atom is -0.497 e. The van der Waals surface area contributed by atoms with E-state index < -0.39 is 8.07 Å². The molecule has 2 aromatic heterocycles. The van der Waals surface area contributed by atoms with Gasteiger partial charge in [0.05, 0.1) is 7.11 Å². The SMILES string of the molecule is C=CCOc1c(C(C)(C)C)cc(OC)cc1[Si](CC)(CC)C1c2cc(C)sc2-c2sc(C)cc21. The van der Waals surface area contributed by atoms with Crippen molar-refractivity contribution < 1.29 is 9.47 Å². The third-order valence-corrected chi connectivity index (χ3v) is 15.4. The highest BCUT2D eigenvalue weighted by molar-refractivity contribution is 7.23. The largest absolute Gasteiger partial charge is 0.497 e. The van der Waals surface area contributed by atoms with E-state index in [4.69, 9.17) is 9.47 Å². The normalized spacial score (nSPS) is 13.6. The van der Waals surface area contributed by atoms with Crippen LogP contribution in [0.4, 0.5) is 0 Å². The van der Waals surface area contributed by atoms with Gasteiger partial charge in [0.25, 0.3) is 0 Å². The summed E-state index contributed by atoms with van der Waals surface area (Å²) in [7, 11) is -0.356. The number of ether oxygens (including phenoxy) is 2. The van der Waals surface area contributed by atoms with Crippen LogP contribution in [-0.4, -0.2) is 21.8 Å². The zero-order chi connectivity index (χ0) is 24.8. The molecule has 2 heterocycles. The van der Waals surface area contributed by atoms with Crippen LogP contribution in [0.25, 0.3) is 9.75 Å². The van der Waals surface area contributed by atoms with Crippen LogP contribution in [0.5, 0.6) is 11.5 Å². The van der Waals surface area contributed by atoms with Crippen LogP contribution in [0.1, 0.15) is 66.6 Å². The Hall–Kier alpha value is -1.82. The van der Waals surface area contributed by atoms with E-state index in [1.54, 1.807) is 18.2 Å². The van der Waals surface area contributed by atoms with E-state index in [2.05, 4.69) is 79.3 Å². The zero-order valence-corrected chi connectivity index (χ0v) is 24.6. The second kappa shape index (κ2) is 9.33. The van der Waals surface area contributed by atoms with Gasteiger partial charge in [0.1, 0.15) is 26.2 Å². The number of benzene rings is 1. The molecule has 1 aliphatic carbocycles. The van der Waals surface area contributed by atoms with Gasteiger partial charge in [-0.1, -0.05) is 59.4 Å². The minimum atomic E-state index is -2.14. The van der Waals surface area contributed by atoms with E-state index >= 15 is 0 Å². The van der Waals surface area contributed by atoms with Gasteiger partial charge in [-0.25, -0.2) is 0 Å². The quantitative estimate of drug-likeness (QED) is 0.224. The van der Waals surface area contributed by atoms with Crippen LogP contribution in [0.15, 0.2) is 36.9 Å². The Morgan fingerprint density at radius 2 is 1.53 bits per heavy atom. The first-order valence-corrected chi connectivity index (χ1v) is 16.4. The van der Waals surface area contributed by atoms with Crippen LogP contribution >= 0.6 is 22.7 Å². The van der Waals surface area contributed by atoms with Gasteiger partial charge in [0.15, 0.2) is 0 Å². The van der Waals surface area contributed by atoms with Gasteiger partial charge in [-0.2, -0.15) is 0 Å². The highest BCUT2D eigenvalue weighted by atomic mass is 32.1. The first kappa shape index (κ1) is 25.3. The number of fused-ring (bicyclic) bond motifs is 3. The minimum absolute atomic E-state index is 0.0641. The first-order chi connectivity index (χ1) is 16.1. The first-order valence-electron chi connectivity index (χ1n) is 12.3. The van der Waals surface area contributed by atoms with Crippen molar-refractivity contribution in [2.45, 2.75) is 71.5 Å². The fourth-order valence-electron chi connectivity index (χ4n) is 5.75. The van der Waals surface area contributed by atoms with Crippen molar-refractivity contribution >= 4 is 35.9 Å². The third-order valence-electron chi connectivity index (χ3n) is 7.40. The van der Waals surface area contributed by atoms with Gasteiger partial charge < -0.3 is 9.47 Å². The number of hydrogen-bond donors (Lipinski definition) is 0. The molecule has 0 unspecified atom stereocenters. The summed E-state index contributed by atoms with van der Waals surface area (Å²) in [6, 6.07) is 11.7. The molecule has 0 N–H and O–H groups in total. The summed E-state index contributed by atoms with van der Waals surface area (Å²) in [6.45, 7) is 20.6. The molecule has 0 bridgehead atoms. The molecular weight excluding hydrogens is 473 g/mol. The fraction of sp³-hybridized carbons (Fsp3) is 0.448. The summed E-state index contributed by atoms with van der Waals surface area (Å²) in [5.74, 6) is 2.00. The van der Waals surface area contributed by atoms with Crippen molar-refractivity contribution in [3.8, 4) is 21.3 Å². The molecule has 182 valence electrons. The highest BCUT2D eigenvalue weighted by Gasteiger charge is 2.50. The topological polar surface area (TPSA) is 18.5 Å². The molecule has 3 aromatic rings. The van der Waals surface area contributed by atoms with Gasteiger partial charge in [-0.05, 0) is 59.8 Å². The van der Waals surface area contributed by atoms with Crippen LogP contribution in [0.2, 0.25) is 12.1 Å². The van der Waals surface area contributed by atoms with Gasteiger partial charge in [-0.3, -0.25) is 0 Å². The maximum atomic E-state index is 6.57. The number of hydrogen-bond acceptors (Lipinski definition) is 4. The molecule has 4 rings (SSSR count). The smallest absolute Gasteiger partial charge is 0.123 e. The highest BCUT2D eigenvalue weighted by Crippen LogP contribution is 2.57. The van der Waals surface area contributed by atoms with Crippen LogP contribution in [-0.2, 0) is 5.41 Å². The Labute approximate surface area is 214 Å². The van der Waals surface area contributed by atoms with Crippen molar-refractivity contribution in [3.63, 3.8) is 0 Å². The molecule has 2 nitrogen and oxygen atoms in total. The van der Waals surface area contributed by atoms with Crippen LogP contribution < -0.4 is 14.7 Å². The number of aryl methyl sites for hydroxylation is 2. The standard InChI is InChI=1S/C29H38O2S2Si/c1-10-13-31-25-23(29(6,7)8)16-20(30-9)17-24(25)34(11-2,12-3)28-21-14-18(4)32-26(21)27-22(28)15-19(5)33-27/h10,14-17,28H,1,11-13H2,2-9H3. The van der Waals surface area contributed by atoms with E-state index in [-0.39, 0.29) is 5.41 Å². The molecule has 0 aliphatic heterocycles. The van der Waals surface area contributed by atoms with E-state index in [0.29, 0.717) is 12.1 Å². The summed E-state index contributed by atoms with van der Waals surface area (Å²) in [5, 5.41) is 1.40. The van der Waals surface area contributed by atoms with E-state index in [1.165, 1.54) is 30.3 Å². The van der Waals surface area contributed by atoms with Gasteiger partial charge in [-0.15, -0.1) is 22.7 Å². The summed E-state index contributed by atoms with van der Waals surface area (Å²) in [6.07, 6.45) is 1.86. The zero-order valence-electron chi connectivity index (χ0n) is 21.9. The van der Waals surface area contributed by atoms with Gasteiger partial charge in [0, 0.05) is 30.6 Å². The molecule has 0 spiro atoms. The maximum Gasteiger partial charge on any atom is 0.123 e. The second-order valence-corrected chi connectivity index (χ2v) is 17.8. The lowest BCUT2D eigenvalue weighted by Crippen LogP contribution is -2.53. The maximum absolute atomic E-state index is 6.57. The van der Waals surface area contributed by atoms with Crippen molar-refractivity contribution in [2.75, 3.05) is 13.7 Å². The Morgan fingerprint density at radius 1 is 0.971 bits per heavy atom. The molecule has 1 aliphatic rings. The lowest BCUT2D eigenvalue weighted by atomic mass is 9.86. The van der Waals surface area contributed by atoms with Crippen molar-refractivity contribution in [1.29, 1.82) is 0 Å². The Balaban J connectivity index is 2.07. The van der Waals surface area contributed by atoms with E-state index in [9.17, 15) is 0 Å². The van der Waals surface area contributed by atoms with E-state index in [0.717, 1.165) is 23.6 Å². The van der Waals surface area contributed by atoms with Crippen LogP contribution in [0.3, 0.4) is 0 Å². The molecule has 0 amide bonds. The second-order valence-electron chi connectivity index (χ2n) is 10.5. The van der Waals surface area contributed by atoms with Crippen LogP contribution in [0, 0.1) is 13.8 Å². The molecule has 0 fully saturated rings. The van der Waals surface area contributed by atoms with Crippen molar-refractivity contribution in [3.05, 3.63) is 63.4 Å². The lowest BCUT2D eigenvalue weighted by Gasteiger charge is -2.39. The lowest BCUT2D eigenvalue weighted by molar-refractivity contribution is 0.351.